The molecule has 0 atom stereocenters. The summed E-state index contributed by atoms with van der Waals surface area (Å²) < 4.78 is 1.87. The van der Waals surface area contributed by atoms with Crippen molar-refractivity contribution in [1.82, 2.24) is 19.6 Å². The molecule has 1 aliphatic rings. The Morgan fingerprint density at radius 2 is 1.88 bits per heavy atom. The van der Waals surface area contributed by atoms with E-state index in [1.165, 1.54) is 11.3 Å². The molecule has 24 heavy (non-hydrogen) atoms. The minimum absolute atomic E-state index is 0.246. The van der Waals surface area contributed by atoms with Crippen LogP contribution in [-0.2, 0) is 11.3 Å². The van der Waals surface area contributed by atoms with E-state index in [9.17, 15) is 14.4 Å². The van der Waals surface area contributed by atoms with Crippen LogP contribution in [0.4, 0.5) is 0 Å². The van der Waals surface area contributed by atoms with E-state index < -0.39 is 17.7 Å². The van der Waals surface area contributed by atoms with Gasteiger partial charge < -0.3 is 5.32 Å². The van der Waals surface area contributed by atoms with Crippen LogP contribution in [0.3, 0.4) is 0 Å². The molecule has 0 aliphatic carbocycles. The van der Waals surface area contributed by atoms with Crippen LogP contribution in [0, 0.1) is 0 Å². The quantitative estimate of drug-likeness (QED) is 0.726. The normalized spacial score (nSPS) is 13.6. The molecule has 1 aliphatic heterocycles. The molecule has 120 valence electrons. The number of fused-ring (bicyclic) bond motifs is 2. The third-order valence-corrected chi connectivity index (χ3v) is 4.56. The first kappa shape index (κ1) is 14.6. The van der Waals surface area contributed by atoms with Crippen LogP contribution in [0.2, 0.25) is 0 Å². The van der Waals surface area contributed by atoms with Crippen molar-refractivity contribution in [2.45, 2.75) is 6.54 Å². The molecule has 8 heteroatoms. The summed E-state index contributed by atoms with van der Waals surface area (Å²) >= 11 is 1.50. The van der Waals surface area contributed by atoms with Gasteiger partial charge in [-0.25, -0.2) is 4.98 Å². The summed E-state index contributed by atoms with van der Waals surface area (Å²) in [5, 5.41) is 4.61. The Bertz CT molecular complexity index is 911. The number of imide groups is 1. The fourth-order valence-corrected chi connectivity index (χ4v) is 3.35. The lowest BCUT2D eigenvalue weighted by Crippen LogP contribution is -2.40. The first-order chi connectivity index (χ1) is 11.6. The molecule has 0 bridgehead atoms. The van der Waals surface area contributed by atoms with E-state index >= 15 is 0 Å². The van der Waals surface area contributed by atoms with Crippen LogP contribution >= 0.6 is 11.3 Å². The van der Waals surface area contributed by atoms with Crippen molar-refractivity contribution in [1.29, 1.82) is 0 Å². The Morgan fingerprint density at radius 3 is 2.54 bits per heavy atom. The minimum Gasteiger partial charge on any atom is -0.349 e. The maximum absolute atomic E-state index is 12.2. The monoisotopic (exact) mass is 340 g/mol. The number of hydrogen-bond donors (Lipinski definition) is 1. The second-order valence-corrected chi connectivity index (χ2v) is 6.22. The minimum atomic E-state index is -0.437. The molecule has 3 aromatic rings. The Labute approximate surface area is 140 Å². The van der Waals surface area contributed by atoms with Crippen molar-refractivity contribution >= 4 is 34.0 Å². The van der Waals surface area contributed by atoms with Gasteiger partial charge in [-0.15, -0.1) is 11.3 Å². The average molecular weight is 340 g/mol. The second kappa shape index (κ2) is 5.57. The molecule has 3 heterocycles. The fraction of sp³-hybridized carbons (Fsp3) is 0.125. The number of rotatable bonds is 4. The number of benzene rings is 1. The van der Waals surface area contributed by atoms with Gasteiger partial charge >= 0.3 is 0 Å². The third kappa shape index (κ3) is 2.37. The van der Waals surface area contributed by atoms with Gasteiger partial charge in [-0.1, -0.05) is 12.1 Å². The van der Waals surface area contributed by atoms with Gasteiger partial charge in [-0.05, 0) is 12.1 Å². The maximum Gasteiger partial charge on any atom is 0.262 e. The molecule has 1 aromatic carbocycles. The third-order valence-electron chi connectivity index (χ3n) is 3.79. The van der Waals surface area contributed by atoms with E-state index in [0.717, 1.165) is 15.6 Å². The van der Waals surface area contributed by atoms with Crippen LogP contribution in [0.1, 0.15) is 26.4 Å². The van der Waals surface area contributed by atoms with Crippen LogP contribution < -0.4 is 5.32 Å². The maximum atomic E-state index is 12.2. The van der Waals surface area contributed by atoms with Crippen LogP contribution in [0.5, 0.6) is 0 Å². The molecular weight excluding hydrogens is 328 g/mol. The van der Waals surface area contributed by atoms with E-state index in [0.29, 0.717) is 11.1 Å². The Balaban J connectivity index is 1.40. The van der Waals surface area contributed by atoms with Gasteiger partial charge in [0.2, 0.25) is 5.91 Å². The number of nitrogens with one attached hydrogen (secondary N) is 1. The molecule has 0 spiro atoms. The number of aromatic nitrogens is 2. The highest BCUT2D eigenvalue weighted by Crippen LogP contribution is 2.21. The zero-order chi connectivity index (χ0) is 16.7. The van der Waals surface area contributed by atoms with Gasteiger partial charge in [0.15, 0.2) is 4.96 Å². The highest BCUT2D eigenvalue weighted by molar-refractivity contribution is 7.15. The summed E-state index contributed by atoms with van der Waals surface area (Å²) in [7, 11) is 0. The molecule has 2 aromatic heterocycles. The lowest BCUT2D eigenvalue weighted by atomic mass is 10.1. The average Bonchev–Trinajstić information content (AvgIpc) is 3.23. The van der Waals surface area contributed by atoms with Crippen molar-refractivity contribution in [2.24, 2.45) is 0 Å². The lowest BCUT2D eigenvalue weighted by molar-refractivity contribution is -0.121. The number of imidazole rings is 1. The standard InChI is InChI=1S/C16H12N4O3S/c21-13(17-7-10-8-19-5-6-24-16(19)18-10)9-20-14(22)11-3-1-2-4-12(11)15(20)23/h1-6,8H,7,9H2,(H,17,21). The summed E-state index contributed by atoms with van der Waals surface area (Å²) in [4.78, 5) is 42.7. The Kier molecular flexibility index (Phi) is 3.39. The predicted molar refractivity (Wildman–Crippen MR) is 86.7 cm³/mol. The van der Waals surface area contributed by atoms with Crippen LogP contribution in [0.25, 0.3) is 4.96 Å². The van der Waals surface area contributed by atoms with Gasteiger partial charge in [0.05, 0.1) is 23.4 Å². The molecular formula is C16H12N4O3S. The fourth-order valence-electron chi connectivity index (χ4n) is 2.63. The number of amides is 3. The van der Waals surface area contributed by atoms with Crippen molar-refractivity contribution in [3.05, 3.63) is 58.9 Å². The molecule has 1 N–H and O–H groups in total. The zero-order valence-electron chi connectivity index (χ0n) is 12.4. The predicted octanol–water partition coefficient (Wildman–Crippen LogP) is 1.31. The van der Waals surface area contributed by atoms with E-state index in [1.54, 1.807) is 24.3 Å². The number of hydrogen-bond acceptors (Lipinski definition) is 5. The summed E-state index contributed by atoms with van der Waals surface area (Å²) in [6.07, 6.45) is 3.71. The number of thiazole rings is 1. The summed E-state index contributed by atoms with van der Waals surface area (Å²) in [6.45, 7) is -0.0506. The van der Waals surface area contributed by atoms with Gasteiger partial charge in [-0.3, -0.25) is 23.7 Å². The van der Waals surface area contributed by atoms with E-state index in [2.05, 4.69) is 10.3 Å². The summed E-state index contributed by atoms with van der Waals surface area (Å²) in [5.41, 5.74) is 1.40. The Hall–Kier alpha value is -3.00. The molecule has 0 saturated carbocycles. The van der Waals surface area contributed by atoms with Crippen molar-refractivity contribution in [3.8, 4) is 0 Å². The molecule has 3 amide bonds. The lowest BCUT2D eigenvalue weighted by Gasteiger charge is -2.13. The Morgan fingerprint density at radius 1 is 1.17 bits per heavy atom. The van der Waals surface area contributed by atoms with Crippen LogP contribution in [-0.4, -0.2) is 38.6 Å². The second-order valence-electron chi connectivity index (χ2n) is 5.34. The van der Waals surface area contributed by atoms with E-state index in [-0.39, 0.29) is 13.1 Å². The molecule has 0 saturated heterocycles. The van der Waals surface area contributed by atoms with Gasteiger partial charge in [0, 0.05) is 17.8 Å². The first-order valence-electron chi connectivity index (χ1n) is 7.26. The SMILES string of the molecule is O=C(CN1C(=O)c2ccccc2C1=O)NCc1cn2ccsc2n1. The summed E-state index contributed by atoms with van der Waals surface area (Å²) in [6, 6.07) is 6.56. The molecule has 0 fully saturated rings. The smallest absolute Gasteiger partial charge is 0.262 e. The topological polar surface area (TPSA) is 83.8 Å². The molecule has 0 radical (unpaired) electrons. The van der Waals surface area contributed by atoms with Crippen molar-refractivity contribution in [3.63, 3.8) is 0 Å². The number of nitrogens with zero attached hydrogens (tertiary/aromatic N) is 3. The first-order valence-corrected chi connectivity index (χ1v) is 8.14. The zero-order valence-corrected chi connectivity index (χ0v) is 13.2. The highest BCUT2D eigenvalue weighted by atomic mass is 32.1. The molecule has 4 rings (SSSR count). The van der Waals surface area contributed by atoms with E-state index in [4.69, 9.17) is 0 Å². The largest absolute Gasteiger partial charge is 0.349 e. The van der Waals surface area contributed by atoms with Crippen molar-refractivity contribution in [2.75, 3.05) is 6.54 Å². The highest BCUT2D eigenvalue weighted by Gasteiger charge is 2.36. The number of carbonyl (C=O) groups is 3. The molecule has 0 unspecified atom stereocenters. The van der Waals surface area contributed by atoms with Gasteiger partial charge in [0.1, 0.15) is 6.54 Å². The van der Waals surface area contributed by atoms with Crippen molar-refractivity contribution < 1.29 is 14.4 Å². The summed E-state index contributed by atoms with van der Waals surface area (Å²) in [5.74, 6) is -1.28. The molecule has 7 nitrogen and oxygen atoms in total. The van der Waals surface area contributed by atoms with Gasteiger partial charge in [-0.2, -0.15) is 0 Å². The van der Waals surface area contributed by atoms with Crippen LogP contribution in [0.15, 0.2) is 42.0 Å². The van der Waals surface area contributed by atoms with E-state index in [1.807, 2.05) is 22.2 Å². The van der Waals surface area contributed by atoms with Gasteiger partial charge in [0.25, 0.3) is 11.8 Å². The number of carbonyl (C=O) groups excluding carboxylic acids is 3.